The van der Waals surface area contributed by atoms with Gasteiger partial charge in [0.2, 0.25) is 5.91 Å². The third kappa shape index (κ3) is 5.37. The second-order valence-corrected chi connectivity index (χ2v) is 8.82. The number of esters is 1. The Morgan fingerprint density at radius 1 is 1.11 bits per heavy atom. The Labute approximate surface area is 198 Å². The van der Waals surface area contributed by atoms with Crippen LogP contribution in [0.1, 0.15) is 23.5 Å². The fourth-order valence-corrected chi connectivity index (χ4v) is 4.25. The van der Waals surface area contributed by atoms with Crippen molar-refractivity contribution in [2.24, 2.45) is 0 Å². The molecule has 1 amide bonds. The normalized spacial score (nSPS) is 18.2. The second kappa shape index (κ2) is 9.53. The number of aromatic nitrogens is 1. The third-order valence-corrected chi connectivity index (χ3v) is 5.87. The minimum Gasteiger partial charge on any atom is -0.463 e. The maximum atomic E-state index is 13.4. The summed E-state index contributed by atoms with van der Waals surface area (Å²) in [6.07, 6.45) is -4.19. The largest absolute Gasteiger partial charge is 0.463 e. The summed E-state index contributed by atoms with van der Waals surface area (Å²) >= 11 is 0. The van der Waals surface area contributed by atoms with E-state index in [9.17, 15) is 27.6 Å². The average molecular weight is 487 g/mol. The molecule has 2 aromatic carbocycles. The van der Waals surface area contributed by atoms with Crippen LogP contribution in [0.2, 0.25) is 0 Å². The monoisotopic (exact) mass is 487 g/mol. The van der Waals surface area contributed by atoms with E-state index in [0.717, 1.165) is 6.07 Å². The van der Waals surface area contributed by atoms with Crippen molar-refractivity contribution >= 4 is 22.6 Å². The lowest BCUT2D eigenvalue weighted by molar-refractivity contribution is -0.145. The summed E-state index contributed by atoms with van der Waals surface area (Å²) in [6.45, 7) is 0.179. The van der Waals surface area contributed by atoms with Crippen molar-refractivity contribution in [2.45, 2.75) is 24.6 Å². The van der Waals surface area contributed by atoms with Gasteiger partial charge in [-0.2, -0.15) is 13.2 Å². The number of nitrogens with one attached hydrogen (secondary N) is 2. The van der Waals surface area contributed by atoms with Gasteiger partial charge in [0.25, 0.3) is 5.56 Å². The lowest BCUT2D eigenvalue weighted by atomic mass is 9.93. The second-order valence-electron chi connectivity index (χ2n) is 8.82. The Bertz CT molecular complexity index is 1330. The van der Waals surface area contributed by atoms with Crippen LogP contribution in [-0.4, -0.2) is 55.0 Å². The number of hydrogen-bond donors (Lipinski definition) is 2. The first-order chi connectivity index (χ1) is 16.5. The maximum Gasteiger partial charge on any atom is 0.417 e. The molecule has 0 spiro atoms. The van der Waals surface area contributed by atoms with E-state index in [2.05, 4.69) is 10.3 Å². The smallest absolute Gasteiger partial charge is 0.417 e. The van der Waals surface area contributed by atoms with Crippen molar-refractivity contribution in [2.75, 3.05) is 27.2 Å². The first-order valence-electron chi connectivity index (χ1n) is 11.0. The molecule has 0 unspecified atom stereocenters. The molecule has 1 aliphatic rings. The van der Waals surface area contributed by atoms with Gasteiger partial charge in [0, 0.05) is 16.6 Å². The number of hydrogen-bond acceptors (Lipinski definition) is 5. The highest BCUT2D eigenvalue weighted by atomic mass is 19.4. The number of pyridine rings is 1. The zero-order valence-corrected chi connectivity index (χ0v) is 19.1. The van der Waals surface area contributed by atoms with E-state index >= 15 is 0 Å². The van der Waals surface area contributed by atoms with Crippen LogP contribution < -0.4 is 10.9 Å². The van der Waals surface area contributed by atoms with Crippen LogP contribution in [0.15, 0.2) is 53.3 Å². The van der Waals surface area contributed by atoms with Crippen molar-refractivity contribution in [1.29, 1.82) is 0 Å². The van der Waals surface area contributed by atoms with Crippen LogP contribution >= 0.6 is 0 Å². The molecule has 2 atom stereocenters. The van der Waals surface area contributed by atoms with E-state index in [1.54, 1.807) is 37.2 Å². The van der Waals surface area contributed by atoms with Gasteiger partial charge in [-0.25, -0.2) is 0 Å². The molecule has 7 nitrogen and oxygen atoms in total. The van der Waals surface area contributed by atoms with Gasteiger partial charge in [-0.05, 0) is 49.7 Å². The number of carbonyl (C=O) groups is 2. The van der Waals surface area contributed by atoms with Crippen LogP contribution in [-0.2, 0) is 20.5 Å². The van der Waals surface area contributed by atoms with Gasteiger partial charge >= 0.3 is 12.1 Å². The fourth-order valence-electron chi connectivity index (χ4n) is 4.25. The predicted molar refractivity (Wildman–Crippen MR) is 124 cm³/mol. The van der Waals surface area contributed by atoms with Crippen molar-refractivity contribution in [3.05, 3.63) is 70.0 Å². The van der Waals surface area contributed by atoms with Crippen LogP contribution in [0.25, 0.3) is 22.0 Å². The molecule has 0 bridgehead atoms. The first-order valence-corrected chi connectivity index (χ1v) is 11.0. The Balaban J connectivity index is 1.58. The fraction of sp³-hybridized carbons (Fsp3) is 0.320. The van der Waals surface area contributed by atoms with Gasteiger partial charge in [-0.15, -0.1) is 0 Å². The molecular formula is C25H24F3N3O4. The highest BCUT2D eigenvalue weighted by Gasteiger charge is 2.35. The molecule has 184 valence electrons. The molecule has 35 heavy (non-hydrogen) atoms. The summed E-state index contributed by atoms with van der Waals surface area (Å²) in [4.78, 5) is 41.3. The summed E-state index contributed by atoms with van der Waals surface area (Å²) in [7, 11) is 3.49. The molecule has 2 heterocycles. The number of ether oxygens (including phenoxy) is 1. The molecule has 1 aromatic heterocycles. The van der Waals surface area contributed by atoms with Crippen LogP contribution in [0.3, 0.4) is 0 Å². The number of nitrogens with zero attached hydrogens (tertiary/aromatic N) is 1. The SMILES string of the molecule is CN(C)CC(=O)OC[C@@H]1C[C@@H](c2ccc3cc(-c4ccccc4C(F)(F)F)[nH]c(=O)c3c2)C(=O)N1. The summed E-state index contributed by atoms with van der Waals surface area (Å²) in [5.41, 5.74) is -0.854. The quantitative estimate of drug-likeness (QED) is 0.521. The van der Waals surface area contributed by atoms with E-state index in [-0.39, 0.29) is 41.7 Å². The number of likely N-dealkylation sites (N-methyl/N-ethyl adjacent to an activating group) is 1. The molecule has 4 rings (SSSR count). The molecule has 1 aliphatic heterocycles. The van der Waals surface area contributed by atoms with Gasteiger partial charge in [-0.3, -0.25) is 19.3 Å². The molecular weight excluding hydrogens is 463 g/mol. The van der Waals surface area contributed by atoms with Crippen molar-refractivity contribution in [1.82, 2.24) is 15.2 Å². The van der Waals surface area contributed by atoms with E-state index in [0.29, 0.717) is 17.4 Å². The number of amides is 1. The lowest BCUT2D eigenvalue weighted by Crippen LogP contribution is -2.33. The summed E-state index contributed by atoms with van der Waals surface area (Å²) in [6, 6.07) is 11.1. The molecule has 1 fully saturated rings. The first kappa shape index (κ1) is 24.5. The molecule has 10 heteroatoms. The van der Waals surface area contributed by atoms with E-state index < -0.39 is 29.2 Å². The van der Waals surface area contributed by atoms with Gasteiger partial charge in [0.15, 0.2) is 0 Å². The molecule has 3 aromatic rings. The zero-order chi connectivity index (χ0) is 25.3. The highest BCUT2D eigenvalue weighted by molar-refractivity contribution is 5.90. The van der Waals surface area contributed by atoms with Crippen LogP contribution in [0.4, 0.5) is 13.2 Å². The number of alkyl halides is 3. The number of carbonyl (C=O) groups excluding carboxylic acids is 2. The van der Waals surface area contributed by atoms with Gasteiger partial charge in [-0.1, -0.05) is 30.3 Å². The topological polar surface area (TPSA) is 91.5 Å². The molecule has 0 aliphatic carbocycles. The number of H-pyrrole nitrogens is 1. The average Bonchev–Trinajstić information content (AvgIpc) is 3.17. The molecule has 2 N–H and O–H groups in total. The predicted octanol–water partition coefficient (Wildman–Crippen LogP) is 3.29. The van der Waals surface area contributed by atoms with E-state index in [1.807, 2.05) is 0 Å². The van der Waals surface area contributed by atoms with E-state index in [1.165, 1.54) is 24.3 Å². The van der Waals surface area contributed by atoms with E-state index in [4.69, 9.17) is 4.74 Å². The maximum absolute atomic E-state index is 13.4. The van der Waals surface area contributed by atoms with Crippen molar-refractivity contribution in [3.63, 3.8) is 0 Å². The van der Waals surface area contributed by atoms with Crippen molar-refractivity contribution < 1.29 is 27.5 Å². The Morgan fingerprint density at radius 2 is 1.86 bits per heavy atom. The summed E-state index contributed by atoms with van der Waals surface area (Å²) in [5, 5.41) is 3.53. The van der Waals surface area contributed by atoms with Crippen LogP contribution in [0, 0.1) is 0 Å². The zero-order valence-electron chi connectivity index (χ0n) is 19.1. The molecule has 1 saturated heterocycles. The highest BCUT2D eigenvalue weighted by Crippen LogP contribution is 2.37. The summed E-state index contributed by atoms with van der Waals surface area (Å²) < 4.78 is 45.5. The number of halogens is 3. The van der Waals surface area contributed by atoms with Gasteiger partial charge < -0.3 is 15.0 Å². The lowest BCUT2D eigenvalue weighted by Gasteiger charge is -2.14. The number of benzene rings is 2. The Kier molecular flexibility index (Phi) is 6.66. The third-order valence-electron chi connectivity index (χ3n) is 5.87. The molecule has 0 radical (unpaired) electrons. The Hall–Kier alpha value is -3.66. The Morgan fingerprint density at radius 3 is 2.57 bits per heavy atom. The minimum atomic E-state index is -4.57. The van der Waals surface area contributed by atoms with Crippen molar-refractivity contribution in [3.8, 4) is 11.3 Å². The van der Waals surface area contributed by atoms with Gasteiger partial charge in [0.05, 0.1) is 24.1 Å². The van der Waals surface area contributed by atoms with Gasteiger partial charge in [0.1, 0.15) is 6.61 Å². The number of rotatable bonds is 6. The van der Waals surface area contributed by atoms with Crippen LogP contribution in [0.5, 0.6) is 0 Å². The summed E-state index contributed by atoms with van der Waals surface area (Å²) in [5.74, 6) is -1.18. The number of aromatic amines is 1. The minimum absolute atomic E-state index is 0.0467. The molecule has 0 saturated carbocycles. The standard InChI is InChI=1S/C25H24F3N3O4/c1-31(2)12-22(32)35-13-16-11-19(23(33)29-16)14-7-8-15-10-21(30-24(34)18(15)9-14)17-5-3-4-6-20(17)25(26,27)28/h3-10,16,19H,11-13H2,1-2H3,(H,29,33)(H,30,34)/t16-,19-/m0/s1. The number of fused-ring (bicyclic) bond motifs is 1.